The molecule has 2 aliphatic rings. The van der Waals surface area contributed by atoms with Crippen LogP contribution in [0.3, 0.4) is 0 Å². The lowest BCUT2D eigenvalue weighted by molar-refractivity contribution is -0.141. The Morgan fingerprint density at radius 2 is 2.04 bits per heavy atom. The molecule has 28 heavy (non-hydrogen) atoms. The summed E-state index contributed by atoms with van der Waals surface area (Å²) >= 11 is 0. The highest BCUT2D eigenvalue weighted by atomic mass is 19.1. The molecule has 0 bridgehead atoms. The van der Waals surface area contributed by atoms with Crippen molar-refractivity contribution < 1.29 is 18.8 Å². The number of halogens is 1. The van der Waals surface area contributed by atoms with Crippen molar-refractivity contribution in [2.45, 2.75) is 31.3 Å². The number of carbonyl (C=O) groups is 1. The van der Waals surface area contributed by atoms with Crippen molar-refractivity contribution in [2.75, 3.05) is 20.2 Å². The van der Waals surface area contributed by atoms with Gasteiger partial charge in [-0.3, -0.25) is 4.79 Å². The number of methoxy groups -OCH3 is 1. The lowest BCUT2D eigenvalue weighted by atomic mass is 9.98. The first-order valence-electron chi connectivity index (χ1n) is 9.51. The average Bonchev–Trinajstić information content (AvgIpc) is 3.38. The molecule has 0 aromatic heterocycles. The molecule has 0 unspecified atom stereocenters. The lowest BCUT2D eigenvalue weighted by Crippen LogP contribution is -2.37. The number of likely N-dealkylation sites (tertiary alicyclic amines) is 1. The second kappa shape index (κ2) is 8.00. The number of nitrogens with zero attached hydrogens (tertiary/aromatic N) is 2. The van der Waals surface area contributed by atoms with E-state index in [-0.39, 0.29) is 17.6 Å². The third-order valence-electron chi connectivity index (χ3n) is 5.42. The van der Waals surface area contributed by atoms with Crippen LogP contribution in [0.4, 0.5) is 4.39 Å². The van der Waals surface area contributed by atoms with Crippen LogP contribution in [-0.2, 0) is 16.1 Å². The normalized spacial score (nSPS) is 21.4. The second-order valence-corrected chi connectivity index (χ2v) is 7.27. The molecule has 1 saturated heterocycles. The number of hydrogen-bond acceptors (Lipinski definition) is 4. The molecule has 1 amide bonds. The molecule has 0 saturated carbocycles. The molecule has 2 aromatic carbocycles. The fourth-order valence-corrected chi connectivity index (χ4v) is 3.87. The van der Waals surface area contributed by atoms with Crippen molar-refractivity contribution >= 4 is 11.6 Å². The summed E-state index contributed by atoms with van der Waals surface area (Å²) < 4.78 is 19.2. The van der Waals surface area contributed by atoms with Gasteiger partial charge in [0.25, 0.3) is 5.91 Å². The first kappa shape index (κ1) is 18.5. The molecule has 2 heterocycles. The summed E-state index contributed by atoms with van der Waals surface area (Å²) in [6.45, 7) is 1.14. The SMILES string of the molecule is COc1ccc(CC2=NO[C@@H](C(=O)N3CC[C@@H](c4ccccc4F)C3)C2)cc1. The minimum atomic E-state index is -0.576. The Morgan fingerprint density at radius 1 is 1.25 bits per heavy atom. The van der Waals surface area contributed by atoms with Crippen LogP contribution in [0, 0.1) is 5.82 Å². The quantitative estimate of drug-likeness (QED) is 0.795. The van der Waals surface area contributed by atoms with Crippen LogP contribution < -0.4 is 4.74 Å². The Bertz CT molecular complexity index is 882. The van der Waals surface area contributed by atoms with Gasteiger partial charge in [0.15, 0.2) is 0 Å². The summed E-state index contributed by atoms with van der Waals surface area (Å²) in [5, 5.41) is 4.12. The summed E-state index contributed by atoms with van der Waals surface area (Å²) in [6.07, 6.45) is 1.32. The van der Waals surface area contributed by atoms with Gasteiger partial charge >= 0.3 is 0 Å². The highest BCUT2D eigenvalue weighted by molar-refractivity contribution is 5.94. The topological polar surface area (TPSA) is 51.1 Å². The number of rotatable bonds is 5. The number of benzene rings is 2. The van der Waals surface area contributed by atoms with Crippen LogP contribution in [0.5, 0.6) is 5.75 Å². The molecular weight excluding hydrogens is 359 g/mol. The minimum absolute atomic E-state index is 0.0336. The Morgan fingerprint density at radius 3 is 2.79 bits per heavy atom. The van der Waals surface area contributed by atoms with E-state index in [1.807, 2.05) is 30.3 Å². The Balaban J connectivity index is 1.32. The van der Waals surface area contributed by atoms with Crippen molar-refractivity contribution in [1.29, 1.82) is 0 Å². The summed E-state index contributed by atoms with van der Waals surface area (Å²) in [5.41, 5.74) is 2.63. The van der Waals surface area contributed by atoms with E-state index in [0.29, 0.717) is 31.5 Å². The van der Waals surface area contributed by atoms with Gasteiger partial charge in [-0.25, -0.2) is 4.39 Å². The molecule has 0 N–H and O–H groups in total. The van der Waals surface area contributed by atoms with Crippen molar-refractivity contribution in [2.24, 2.45) is 5.16 Å². The van der Waals surface area contributed by atoms with Crippen molar-refractivity contribution in [3.8, 4) is 5.75 Å². The van der Waals surface area contributed by atoms with Gasteiger partial charge in [-0.1, -0.05) is 35.5 Å². The van der Waals surface area contributed by atoms with E-state index >= 15 is 0 Å². The second-order valence-electron chi connectivity index (χ2n) is 7.27. The number of amides is 1. The predicted octanol–water partition coefficient (Wildman–Crippen LogP) is 3.54. The maximum absolute atomic E-state index is 14.0. The fraction of sp³-hybridized carbons (Fsp3) is 0.364. The fourth-order valence-electron chi connectivity index (χ4n) is 3.87. The molecule has 0 radical (unpaired) electrons. The molecule has 4 rings (SSSR count). The Hall–Kier alpha value is -2.89. The molecule has 0 spiro atoms. The van der Waals surface area contributed by atoms with E-state index in [9.17, 15) is 9.18 Å². The van der Waals surface area contributed by atoms with Crippen molar-refractivity contribution in [3.05, 3.63) is 65.5 Å². The van der Waals surface area contributed by atoms with Crippen LogP contribution in [-0.4, -0.2) is 42.8 Å². The van der Waals surface area contributed by atoms with Gasteiger partial charge in [0.05, 0.1) is 12.8 Å². The van der Waals surface area contributed by atoms with Gasteiger partial charge in [0.2, 0.25) is 6.10 Å². The maximum atomic E-state index is 14.0. The molecule has 2 aliphatic heterocycles. The summed E-state index contributed by atoms with van der Waals surface area (Å²) in [4.78, 5) is 20.0. The molecule has 5 nitrogen and oxygen atoms in total. The zero-order chi connectivity index (χ0) is 19.5. The number of hydrogen-bond donors (Lipinski definition) is 0. The van der Waals surface area contributed by atoms with E-state index in [2.05, 4.69) is 5.16 Å². The van der Waals surface area contributed by atoms with Crippen molar-refractivity contribution in [3.63, 3.8) is 0 Å². The zero-order valence-corrected chi connectivity index (χ0v) is 15.8. The zero-order valence-electron chi connectivity index (χ0n) is 15.8. The smallest absolute Gasteiger partial charge is 0.266 e. The highest BCUT2D eigenvalue weighted by Gasteiger charge is 2.36. The van der Waals surface area contributed by atoms with Gasteiger partial charge in [-0.2, -0.15) is 0 Å². The molecule has 1 fully saturated rings. The third-order valence-corrected chi connectivity index (χ3v) is 5.42. The van der Waals surface area contributed by atoms with E-state index in [1.165, 1.54) is 6.07 Å². The Kier molecular flexibility index (Phi) is 5.28. The number of oxime groups is 1. The summed E-state index contributed by atoms with van der Waals surface area (Å²) in [5.74, 6) is 0.572. The van der Waals surface area contributed by atoms with Crippen LogP contribution in [0.25, 0.3) is 0 Å². The molecule has 0 aliphatic carbocycles. The van der Waals surface area contributed by atoms with Crippen molar-refractivity contribution in [1.82, 2.24) is 4.90 Å². The average molecular weight is 382 g/mol. The molecule has 6 heteroatoms. The van der Waals surface area contributed by atoms with Crippen LogP contribution in [0.1, 0.15) is 29.9 Å². The van der Waals surface area contributed by atoms with E-state index < -0.39 is 6.10 Å². The minimum Gasteiger partial charge on any atom is -0.497 e. The predicted molar refractivity (Wildman–Crippen MR) is 104 cm³/mol. The molecule has 2 aromatic rings. The van der Waals surface area contributed by atoms with Gasteiger partial charge < -0.3 is 14.5 Å². The molecule has 2 atom stereocenters. The van der Waals surface area contributed by atoms with E-state index in [0.717, 1.165) is 23.4 Å². The lowest BCUT2D eigenvalue weighted by Gasteiger charge is -2.19. The van der Waals surface area contributed by atoms with Gasteiger partial charge in [0.1, 0.15) is 11.6 Å². The first-order chi connectivity index (χ1) is 13.6. The largest absolute Gasteiger partial charge is 0.497 e. The first-order valence-corrected chi connectivity index (χ1v) is 9.51. The monoisotopic (exact) mass is 382 g/mol. The standard InChI is InChI=1S/C22H23FN2O3/c1-27-18-8-6-15(7-9-18)12-17-13-21(28-24-17)22(26)25-11-10-16(14-25)19-4-2-3-5-20(19)23/h2-9,16,21H,10-14H2,1H3/t16-,21-/m1/s1. The molecule has 146 valence electrons. The van der Waals surface area contributed by atoms with Gasteiger partial charge in [-0.05, 0) is 35.7 Å². The Labute approximate surface area is 163 Å². The molecular formula is C22H23FN2O3. The maximum Gasteiger partial charge on any atom is 0.266 e. The number of ether oxygens (including phenoxy) is 1. The van der Waals surface area contributed by atoms with Gasteiger partial charge in [0, 0.05) is 31.8 Å². The van der Waals surface area contributed by atoms with E-state index in [4.69, 9.17) is 9.57 Å². The van der Waals surface area contributed by atoms with Crippen LogP contribution >= 0.6 is 0 Å². The van der Waals surface area contributed by atoms with Crippen LogP contribution in [0.15, 0.2) is 53.7 Å². The van der Waals surface area contributed by atoms with Gasteiger partial charge in [-0.15, -0.1) is 0 Å². The van der Waals surface area contributed by atoms with E-state index in [1.54, 1.807) is 24.1 Å². The highest BCUT2D eigenvalue weighted by Crippen LogP contribution is 2.30. The third kappa shape index (κ3) is 3.86. The summed E-state index contributed by atoms with van der Waals surface area (Å²) in [7, 11) is 1.63. The number of carbonyl (C=O) groups excluding carboxylic acids is 1. The van der Waals surface area contributed by atoms with Crippen LogP contribution in [0.2, 0.25) is 0 Å². The summed E-state index contributed by atoms with van der Waals surface area (Å²) in [6, 6.07) is 14.6.